The van der Waals surface area contributed by atoms with Gasteiger partial charge in [-0.15, -0.1) is 11.3 Å². The fourth-order valence-electron chi connectivity index (χ4n) is 3.01. The van der Waals surface area contributed by atoms with Crippen molar-refractivity contribution in [2.75, 3.05) is 0 Å². The average Bonchev–Trinajstić information content (AvgIpc) is 3.29. The molecule has 0 saturated carbocycles. The monoisotopic (exact) mass is 369 g/mol. The van der Waals surface area contributed by atoms with Crippen LogP contribution in [0.1, 0.15) is 43.2 Å². The Bertz CT molecular complexity index is 853. The molecule has 1 N–H and O–H groups in total. The van der Waals surface area contributed by atoms with Gasteiger partial charge in [-0.25, -0.2) is 0 Å². The number of hydrogen-bond acceptors (Lipinski definition) is 5. The molecule has 2 aromatic rings. The van der Waals surface area contributed by atoms with Gasteiger partial charge in [0.2, 0.25) is 0 Å². The molecule has 0 saturated heterocycles. The molecule has 0 atom stereocenters. The van der Waals surface area contributed by atoms with Crippen molar-refractivity contribution in [3.8, 4) is 0 Å². The summed E-state index contributed by atoms with van der Waals surface area (Å²) in [5, 5.41) is 16.8. The van der Waals surface area contributed by atoms with E-state index in [1.807, 2.05) is 24.1 Å². The lowest BCUT2D eigenvalue weighted by atomic mass is 10.1. The Labute approximate surface area is 159 Å². The smallest absolute Gasteiger partial charge is 0.0658 e. The van der Waals surface area contributed by atoms with Gasteiger partial charge >= 0.3 is 0 Å². The molecule has 138 valence electrons. The van der Waals surface area contributed by atoms with Gasteiger partial charge in [-0.2, -0.15) is 10.2 Å². The van der Waals surface area contributed by atoms with Crippen molar-refractivity contribution >= 4 is 23.1 Å². The van der Waals surface area contributed by atoms with Crippen molar-refractivity contribution in [2.45, 2.75) is 46.7 Å². The summed E-state index contributed by atoms with van der Waals surface area (Å²) < 4.78 is 1.83. The first-order chi connectivity index (χ1) is 12.4. The molecule has 5 nitrogen and oxygen atoms in total. The second kappa shape index (κ2) is 7.91. The first-order valence-electron chi connectivity index (χ1n) is 8.94. The molecule has 0 spiro atoms. The van der Waals surface area contributed by atoms with Crippen LogP contribution >= 0.6 is 11.3 Å². The maximum absolute atomic E-state index is 4.72. The summed E-state index contributed by atoms with van der Waals surface area (Å²) in [7, 11) is 1.94. The first-order valence-corrected chi connectivity index (χ1v) is 9.82. The van der Waals surface area contributed by atoms with Gasteiger partial charge in [0.25, 0.3) is 0 Å². The van der Waals surface area contributed by atoms with E-state index in [4.69, 9.17) is 5.10 Å². The number of aromatic nitrogens is 2. The summed E-state index contributed by atoms with van der Waals surface area (Å²) >= 11 is 1.78. The van der Waals surface area contributed by atoms with Crippen LogP contribution in [0.25, 0.3) is 6.08 Å². The van der Waals surface area contributed by atoms with Crippen LogP contribution in [0.3, 0.4) is 0 Å². The number of hydrogen-bond donors (Lipinski definition) is 1. The minimum atomic E-state index is 0.328. The van der Waals surface area contributed by atoms with Gasteiger partial charge in [-0.1, -0.05) is 6.08 Å². The Hall–Kier alpha value is -2.34. The number of allylic oxidation sites excluding steroid dienone is 2. The van der Waals surface area contributed by atoms with E-state index in [2.05, 4.69) is 66.7 Å². The van der Waals surface area contributed by atoms with Gasteiger partial charge in [-0.3, -0.25) is 9.69 Å². The summed E-state index contributed by atoms with van der Waals surface area (Å²) in [6.45, 7) is 9.34. The first kappa shape index (κ1) is 18.5. The third-order valence-corrected chi connectivity index (χ3v) is 5.21. The minimum absolute atomic E-state index is 0.328. The van der Waals surface area contributed by atoms with E-state index >= 15 is 0 Å². The summed E-state index contributed by atoms with van der Waals surface area (Å²) in [5.41, 5.74) is 5.93. The van der Waals surface area contributed by atoms with E-state index in [1.54, 1.807) is 11.3 Å². The molecular formula is C20H27N5S. The number of thiophene rings is 1. The molecule has 3 rings (SSSR count). The zero-order valence-electron chi connectivity index (χ0n) is 16.2. The van der Waals surface area contributed by atoms with Crippen molar-refractivity contribution < 1.29 is 0 Å². The Morgan fingerprint density at radius 1 is 1.38 bits per heavy atom. The zero-order chi connectivity index (χ0) is 18.7. The quantitative estimate of drug-likeness (QED) is 0.826. The zero-order valence-corrected chi connectivity index (χ0v) is 17.0. The largest absolute Gasteiger partial charge is 0.379 e. The lowest BCUT2D eigenvalue weighted by molar-refractivity contribution is 0.306. The molecule has 2 aromatic heterocycles. The van der Waals surface area contributed by atoms with Crippen molar-refractivity contribution in [1.29, 1.82) is 0 Å². The number of rotatable bonds is 6. The van der Waals surface area contributed by atoms with E-state index in [9.17, 15) is 0 Å². The SMILES string of the molecule is CC1=NN(C(C)C)/C(=C(/C=C/c2ccsc2C)NCc2cnn(C)c2)C1. The summed E-state index contributed by atoms with van der Waals surface area (Å²) in [6, 6.07) is 2.49. The molecule has 0 radical (unpaired) electrons. The fraction of sp³-hybridized carbons (Fsp3) is 0.400. The van der Waals surface area contributed by atoms with E-state index in [0.29, 0.717) is 6.04 Å². The maximum atomic E-state index is 4.72. The highest BCUT2D eigenvalue weighted by molar-refractivity contribution is 7.10. The van der Waals surface area contributed by atoms with Gasteiger partial charge < -0.3 is 5.32 Å². The lowest BCUT2D eigenvalue weighted by Gasteiger charge is -2.23. The second-order valence-electron chi connectivity index (χ2n) is 6.95. The minimum Gasteiger partial charge on any atom is -0.379 e. The van der Waals surface area contributed by atoms with Crippen LogP contribution in [0.5, 0.6) is 0 Å². The molecule has 6 heteroatoms. The second-order valence-corrected chi connectivity index (χ2v) is 8.07. The van der Waals surface area contributed by atoms with Crippen LogP contribution in [-0.2, 0) is 13.6 Å². The molecule has 0 aromatic carbocycles. The van der Waals surface area contributed by atoms with Crippen LogP contribution in [0.2, 0.25) is 0 Å². The summed E-state index contributed by atoms with van der Waals surface area (Å²) in [5.74, 6) is 0. The van der Waals surface area contributed by atoms with Crippen molar-refractivity contribution in [3.63, 3.8) is 0 Å². The van der Waals surface area contributed by atoms with Gasteiger partial charge in [0.05, 0.1) is 17.6 Å². The highest BCUT2D eigenvalue weighted by Gasteiger charge is 2.23. The van der Waals surface area contributed by atoms with Crippen molar-refractivity contribution in [2.24, 2.45) is 12.1 Å². The van der Waals surface area contributed by atoms with E-state index in [0.717, 1.165) is 29.9 Å². The number of nitrogens with zero attached hydrogens (tertiary/aromatic N) is 4. The molecule has 1 aliphatic rings. The van der Waals surface area contributed by atoms with Crippen LogP contribution < -0.4 is 5.32 Å². The fourth-order valence-corrected chi connectivity index (χ4v) is 3.70. The van der Waals surface area contributed by atoms with E-state index < -0.39 is 0 Å². The molecule has 0 aliphatic carbocycles. The van der Waals surface area contributed by atoms with Crippen molar-refractivity contribution in [3.05, 3.63) is 57.3 Å². The van der Waals surface area contributed by atoms with E-state index in [1.165, 1.54) is 16.1 Å². The molecule has 0 amide bonds. The van der Waals surface area contributed by atoms with Crippen LogP contribution in [-0.4, -0.2) is 26.5 Å². The third kappa shape index (κ3) is 4.25. The topological polar surface area (TPSA) is 45.4 Å². The molecule has 0 bridgehead atoms. The number of hydrazone groups is 1. The van der Waals surface area contributed by atoms with Crippen LogP contribution in [0.15, 0.2) is 46.4 Å². The van der Waals surface area contributed by atoms with Crippen molar-refractivity contribution in [1.82, 2.24) is 20.1 Å². The molecule has 3 heterocycles. The highest BCUT2D eigenvalue weighted by Crippen LogP contribution is 2.26. The summed E-state index contributed by atoms with van der Waals surface area (Å²) in [6.07, 6.45) is 9.19. The molecule has 26 heavy (non-hydrogen) atoms. The molecule has 1 aliphatic heterocycles. The Morgan fingerprint density at radius 3 is 2.81 bits per heavy atom. The predicted molar refractivity (Wildman–Crippen MR) is 110 cm³/mol. The third-order valence-electron chi connectivity index (χ3n) is 4.35. The van der Waals surface area contributed by atoms with Gasteiger partial charge in [0, 0.05) is 48.4 Å². The predicted octanol–water partition coefficient (Wildman–Crippen LogP) is 4.29. The molecule has 0 unspecified atom stereocenters. The molecular weight excluding hydrogens is 342 g/mol. The highest BCUT2D eigenvalue weighted by atomic mass is 32.1. The van der Waals surface area contributed by atoms with Crippen LogP contribution in [0.4, 0.5) is 0 Å². The van der Waals surface area contributed by atoms with E-state index in [-0.39, 0.29) is 0 Å². The average molecular weight is 370 g/mol. The maximum Gasteiger partial charge on any atom is 0.0658 e. The van der Waals surface area contributed by atoms with Gasteiger partial charge in [-0.05, 0) is 50.8 Å². The number of nitrogens with one attached hydrogen (secondary N) is 1. The summed E-state index contributed by atoms with van der Waals surface area (Å²) in [4.78, 5) is 1.33. The standard InChI is InChI=1S/C20H27N5S/c1-14(2)25-20(10-15(3)23-25)19(7-6-18-8-9-26-16(18)4)21-11-17-12-22-24(5)13-17/h6-9,12-14,21H,10-11H2,1-5H3/b7-6+,20-19-. The van der Waals surface area contributed by atoms with Crippen LogP contribution in [0, 0.1) is 6.92 Å². The lowest BCUT2D eigenvalue weighted by Crippen LogP contribution is -2.25. The normalized spacial score (nSPS) is 16.7. The number of aryl methyl sites for hydroxylation is 2. The Morgan fingerprint density at radius 2 is 2.19 bits per heavy atom. The van der Waals surface area contributed by atoms with Gasteiger partial charge in [0.1, 0.15) is 0 Å². The Balaban J connectivity index is 1.89. The van der Waals surface area contributed by atoms with Gasteiger partial charge in [0.15, 0.2) is 0 Å². The molecule has 0 fully saturated rings. The Kier molecular flexibility index (Phi) is 5.61.